The molecule has 29 heavy (non-hydrogen) atoms. The Morgan fingerprint density at radius 2 is 2.00 bits per heavy atom. The first-order valence-electron chi connectivity index (χ1n) is 10.4. The van der Waals surface area contributed by atoms with Crippen LogP contribution in [0.2, 0.25) is 0 Å². The number of benzene rings is 1. The van der Waals surface area contributed by atoms with Crippen LogP contribution in [0.3, 0.4) is 0 Å². The standard InChI is InChI=1S/C22H26N4O3/c1-13-9-16(10-17-12-26(22(28)20(13)17)14(2)15-3-4-15)19-11-18(24-29-19)21(27)25-7-5-23-6-8-25/h9-11,14-15,23H,3-8,12H2,1-2H3. The number of aromatic nitrogens is 1. The van der Waals surface area contributed by atoms with Gasteiger partial charge in [0.25, 0.3) is 11.8 Å². The van der Waals surface area contributed by atoms with Crippen molar-refractivity contribution in [2.24, 2.45) is 5.92 Å². The van der Waals surface area contributed by atoms with Crippen molar-refractivity contribution >= 4 is 11.8 Å². The normalized spacial score (nSPS) is 20.1. The minimum absolute atomic E-state index is 0.0982. The summed E-state index contributed by atoms with van der Waals surface area (Å²) in [5, 5.41) is 7.26. The highest BCUT2D eigenvalue weighted by Gasteiger charge is 2.39. The fourth-order valence-electron chi connectivity index (χ4n) is 4.54. The molecule has 7 nitrogen and oxygen atoms in total. The molecule has 1 aromatic heterocycles. The van der Waals surface area contributed by atoms with Gasteiger partial charge >= 0.3 is 0 Å². The second-order valence-corrected chi connectivity index (χ2v) is 8.46. The molecule has 1 aliphatic carbocycles. The topological polar surface area (TPSA) is 78.7 Å². The molecule has 2 aliphatic heterocycles. The van der Waals surface area contributed by atoms with Gasteiger partial charge in [0.2, 0.25) is 0 Å². The van der Waals surface area contributed by atoms with Crippen LogP contribution < -0.4 is 5.32 Å². The van der Waals surface area contributed by atoms with E-state index in [1.165, 1.54) is 12.8 Å². The first kappa shape index (κ1) is 18.4. The lowest BCUT2D eigenvalue weighted by molar-refractivity contribution is 0.0695. The molecule has 3 heterocycles. The zero-order valence-corrected chi connectivity index (χ0v) is 16.9. The lowest BCUT2D eigenvalue weighted by Gasteiger charge is -2.26. The Balaban J connectivity index is 1.40. The van der Waals surface area contributed by atoms with E-state index >= 15 is 0 Å². The third kappa shape index (κ3) is 3.23. The summed E-state index contributed by atoms with van der Waals surface area (Å²) in [6.45, 7) is 7.71. The highest BCUT2D eigenvalue weighted by molar-refractivity contribution is 6.00. The number of amides is 2. The Morgan fingerprint density at radius 3 is 2.72 bits per heavy atom. The maximum absolute atomic E-state index is 12.9. The summed E-state index contributed by atoms with van der Waals surface area (Å²) in [7, 11) is 0. The van der Waals surface area contributed by atoms with E-state index in [0.29, 0.717) is 37.0 Å². The summed E-state index contributed by atoms with van der Waals surface area (Å²) in [6, 6.07) is 5.97. The van der Waals surface area contributed by atoms with Crippen LogP contribution in [0.25, 0.3) is 11.3 Å². The molecule has 2 amide bonds. The lowest BCUT2D eigenvalue weighted by atomic mass is 9.99. The second kappa shape index (κ2) is 6.99. The Kier molecular flexibility index (Phi) is 4.42. The Hall–Kier alpha value is -2.67. The molecule has 5 rings (SSSR count). The summed E-state index contributed by atoms with van der Waals surface area (Å²) in [5.74, 6) is 1.24. The van der Waals surface area contributed by atoms with Crippen LogP contribution >= 0.6 is 0 Å². The maximum atomic E-state index is 12.9. The molecule has 1 atom stereocenters. The first-order chi connectivity index (χ1) is 14.0. The van der Waals surface area contributed by atoms with Crippen molar-refractivity contribution in [3.05, 3.63) is 40.6 Å². The second-order valence-electron chi connectivity index (χ2n) is 8.46. The van der Waals surface area contributed by atoms with Crippen LogP contribution in [0, 0.1) is 12.8 Å². The van der Waals surface area contributed by atoms with Crippen molar-refractivity contribution < 1.29 is 14.1 Å². The van der Waals surface area contributed by atoms with E-state index in [0.717, 1.165) is 35.3 Å². The molecule has 2 aromatic rings. The van der Waals surface area contributed by atoms with Crippen molar-refractivity contribution in [2.45, 2.75) is 39.3 Å². The molecular formula is C22H26N4O3. The van der Waals surface area contributed by atoms with Crippen LogP contribution in [0.15, 0.2) is 22.7 Å². The first-order valence-corrected chi connectivity index (χ1v) is 10.4. The third-order valence-corrected chi connectivity index (χ3v) is 6.45. The van der Waals surface area contributed by atoms with Gasteiger partial charge in [0, 0.05) is 56.0 Å². The van der Waals surface area contributed by atoms with E-state index < -0.39 is 0 Å². The Labute approximate surface area is 170 Å². The fraction of sp³-hybridized carbons (Fsp3) is 0.500. The molecule has 1 aromatic carbocycles. The monoisotopic (exact) mass is 394 g/mol. The molecule has 1 unspecified atom stereocenters. The molecule has 0 spiro atoms. The van der Waals surface area contributed by atoms with E-state index in [2.05, 4.69) is 17.4 Å². The minimum atomic E-state index is -0.0982. The molecule has 1 saturated heterocycles. The van der Waals surface area contributed by atoms with Crippen LogP contribution in [-0.2, 0) is 6.54 Å². The average Bonchev–Trinajstić information content (AvgIpc) is 3.37. The van der Waals surface area contributed by atoms with E-state index in [-0.39, 0.29) is 17.9 Å². The van der Waals surface area contributed by atoms with Crippen molar-refractivity contribution in [2.75, 3.05) is 26.2 Å². The van der Waals surface area contributed by atoms with Gasteiger partial charge in [-0.2, -0.15) is 0 Å². The number of carbonyl (C=O) groups excluding carboxylic acids is 2. The molecule has 0 bridgehead atoms. The number of piperazine rings is 1. The Morgan fingerprint density at radius 1 is 1.24 bits per heavy atom. The summed E-state index contributed by atoms with van der Waals surface area (Å²) in [5.41, 5.74) is 3.99. The van der Waals surface area contributed by atoms with Crippen molar-refractivity contribution in [1.29, 1.82) is 0 Å². The molecule has 1 saturated carbocycles. The van der Waals surface area contributed by atoms with Gasteiger partial charge in [0.1, 0.15) is 0 Å². The van der Waals surface area contributed by atoms with Crippen molar-refractivity contribution in [1.82, 2.24) is 20.3 Å². The van der Waals surface area contributed by atoms with Gasteiger partial charge in [0.15, 0.2) is 11.5 Å². The predicted octanol–water partition coefficient (Wildman–Crippen LogP) is 2.45. The summed E-state index contributed by atoms with van der Waals surface area (Å²) < 4.78 is 5.52. The SMILES string of the molecule is Cc1cc(-c2cc(C(=O)N3CCNCC3)no2)cc2c1C(=O)N(C(C)C1CC1)C2. The highest BCUT2D eigenvalue weighted by atomic mass is 16.5. The predicted molar refractivity (Wildman–Crippen MR) is 108 cm³/mol. The average molecular weight is 394 g/mol. The van der Waals surface area contributed by atoms with Crippen LogP contribution in [-0.4, -0.2) is 59.0 Å². The smallest absolute Gasteiger partial charge is 0.276 e. The summed E-state index contributed by atoms with van der Waals surface area (Å²) >= 11 is 0. The summed E-state index contributed by atoms with van der Waals surface area (Å²) in [4.78, 5) is 29.4. The summed E-state index contributed by atoms with van der Waals surface area (Å²) in [6.07, 6.45) is 2.43. The van der Waals surface area contributed by atoms with Gasteiger partial charge in [-0.25, -0.2) is 0 Å². The molecule has 0 radical (unpaired) electrons. The van der Waals surface area contributed by atoms with E-state index in [9.17, 15) is 9.59 Å². The molecule has 152 valence electrons. The molecule has 7 heteroatoms. The van der Waals surface area contributed by atoms with Gasteiger partial charge < -0.3 is 19.6 Å². The van der Waals surface area contributed by atoms with Crippen molar-refractivity contribution in [3.63, 3.8) is 0 Å². The van der Waals surface area contributed by atoms with Crippen LogP contribution in [0.4, 0.5) is 0 Å². The van der Waals surface area contributed by atoms with E-state index in [1.807, 2.05) is 24.0 Å². The van der Waals surface area contributed by atoms with Gasteiger partial charge in [-0.05, 0) is 55.9 Å². The molecule has 1 N–H and O–H groups in total. The van der Waals surface area contributed by atoms with Crippen LogP contribution in [0.5, 0.6) is 0 Å². The lowest BCUT2D eigenvalue weighted by Crippen LogP contribution is -2.46. The number of hydrogen-bond acceptors (Lipinski definition) is 5. The number of nitrogens with zero attached hydrogens (tertiary/aromatic N) is 3. The minimum Gasteiger partial charge on any atom is -0.355 e. The quantitative estimate of drug-likeness (QED) is 0.862. The number of nitrogens with one attached hydrogen (secondary N) is 1. The van der Waals surface area contributed by atoms with Gasteiger partial charge in [-0.15, -0.1) is 0 Å². The molecular weight excluding hydrogens is 368 g/mol. The maximum Gasteiger partial charge on any atom is 0.276 e. The van der Waals surface area contributed by atoms with Gasteiger partial charge in [-0.1, -0.05) is 5.16 Å². The molecule has 3 aliphatic rings. The van der Waals surface area contributed by atoms with E-state index in [1.54, 1.807) is 11.0 Å². The largest absolute Gasteiger partial charge is 0.355 e. The number of fused-ring (bicyclic) bond motifs is 1. The Bertz CT molecular complexity index is 972. The number of carbonyl (C=O) groups is 2. The highest BCUT2D eigenvalue weighted by Crippen LogP contribution is 2.39. The number of aryl methyl sites for hydroxylation is 1. The van der Waals surface area contributed by atoms with E-state index in [4.69, 9.17) is 4.52 Å². The molecule has 2 fully saturated rings. The number of rotatable bonds is 4. The van der Waals surface area contributed by atoms with Crippen LogP contribution in [0.1, 0.15) is 51.7 Å². The number of hydrogen-bond donors (Lipinski definition) is 1. The van der Waals surface area contributed by atoms with Gasteiger partial charge in [-0.3, -0.25) is 9.59 Å². The van der Waals surface area contributed by atoms with Gasteiger partial charge in [0.05, 0.1) is 0 Å². The van der Waals surface area contributed by atoms with Crippen molar-refractivity contribution in [3.8, 4) is 11.3 Å². The zero-order valence-electron chi connectivity index (χ0n) is 16.9. The zero-order chi connectivity index (χ0) is 20.1. The third-order valence-electron chi connectivity index (χ3n) is 6.45. The fourth-order valence-corrected chi connectivity index (χ4v) is 4.54.